The number of Topliss-reactive ketones (excluding diaryl/α,β-unsaturated/α-hetero) is 1. The number of fused-ring (bicyclic) bond motifs is 1. The third-order valence-corrected chi connectivity index (χ3v) is 7.95. The van der Waals surface area contributed by atoms with Crippen molar-refractivity contribution in [2.24, 2.45) is 11.8 Å². The second-order valence-corrected chi connectivity index (χ2v) is 9.74. The molecule has 3 fully saturated rings. The molecule has 3 aliphatic rings. The molecule has 5 atom stereocenters. The lowest BCUT2D eigenvalue weighted by atomic mass is 9.72. The van der Waals surface area contributed by atoms with Crippen molar-refractivity contribution in [2.75, 3.05) is 18.8 Å². The minimum atomic E-state index is -0.334. The molecule has 1 aromatic rings. The second-order valence-electron chi connectivity index (χ2n) is 8.65. The minimum Gasteiger partial charge on any atom is -0.443 e. The molecule has 0 aromatic heterocycles. The van der Waals surface area contributed by atoms with Crippen LogP contribution in [0.5, 0.6) is 0 Å². The highest BCUT2D eigenvalue weighted by Crippen LogP contribution is 2.39. The van der Waals surface area contributed by atoms with Crippen LogP contribution in [0.4, 0.5) is 4.79 Å². The lowest BCUT2D eigenvalue weighted by molar-refractivity contribution is -0.128. The summed E-state index contributed by atoms with van der Waals surface area (Å²) in [5.74, 6) is 2.48. The average molecular weight is 417 g/mol. The fraction of sp³-hybridized carbons (Fsp3) is 0.652. The van der Waals surface area contributed by atoms with Crippen LogP contribution in [0.1, 0.15) is 45.4 Å². The molecule has 6 heteroatoms. The van der Waals surface area contributed by atoms with Gasteiger partial charge in [0, 0.05) is 30.2 Å². The number of thioether (sulfide) groups is 1. The van der Waals surface area contributed by atoms with Crippen LogP contribution in [0.15, 0.2) is 35.2 Å². The molecule has 1 saturated carbocycles. The number of nitrogens with zero attached hydrogens (tertiary/aromatic N) is 1. The van der Waals surface area contributed by atoms with E-state index in [1.807, 2.05) is 25.1 Å². The van der Waals surface area contributed by atoms with Crippen molar-refractivity contribution in [2.45, 2.75) is 68.5 Å². The van der Waals surface area contributed by atoms with Gasteiger partial charge in [-0.05, 0) is 36.8 Å². The zero-order chi connectivity index (χ0) is 20.2. The number of benzene rings is 1. The summed E-state index contributed by atoms with van der Waals surface area (Å²) in [6.45, 7) is 3.58. The van der Waals surface area contributed by atoms with Gasteiger partial charge in [0.05, 0.1) is 12.1 Å². The molecule has 5 nitrogen and oxygen atoms in total. The number of ketones is 1. The number of ether oxygens (including phenoxy) is 1. The molecule has 2 aliphatic heterocycles. The average Bonchev–Trinajstić information content (AvgIpc) is 3.10. The van der Waals surface area contributed by atoms with Gasteiger partial charge in [0.25, 0.3) is 0 Å². The van der Waals surface area contributed by atoms with E-state index in [2.05, 4.69) is 22.3 Å². The zero-order valence-electron chi connectivity index (χ0n) is 17.2. The summed E-state index contributed by atoms with van der Waals surface area (Å²) in [4.78, 5) is 28.2. The highest BCUT2D eigenvalue weighted by atomic mass is 32.2. The van der Waals surface area contributed by atoms with Crippen LogP contribution in [0.2, 0.25) is 0 Å². The number of rotatable bonds is 7. The summed E-state index contributed by atoms with van der Waals surface area (Å²) < 4.78 is 5.65. The van der Waals surface area contributed by atoms with Gasteiger partial charge in [0.15, 0.2) is 0 Å². The molecule has 4 rings (SSSR count). The molecule has 2 saturated heterocycles. The Kier molecular flexibility index (Phi) is 6.81. The standard InChI is InChI=1S/C23H32N2O3S/c1-2-21(26)20-12-16-8-6-7-9-17(16)13-25(20)14-22-19(24-23(27)28-22)15-29-18-10-4-3-5-11-18/h3-5,10-11,16-17,19-20,22H,2,6-9,12-15H2,1H3,(H,24,27)/t16-,17+,19-,20-,22+/m0/s1. The Morgan fingerprint density at radius 3 is 2.72 bits per heavy atom. The third-order valence-electron chi connectivity index (χ3n) is 6.82. The lowest BCUT2D eigenvalue weighted by Crippen LogP contribution is -2.55. The zero-order valence-corrected chi connectivity index (χ0v) is 18.0. The first-order chi connectivity index (χ1) is 14.1. The molecule has 0 radical (unpaired) electrons. The second kappa shape index (κ2) is 9.52. The SMILES string of the molecule is CCC(=O)[C@@H]1C[C@@H]2CCCC[C@@H]2CN1C[C@H]1OC(=O)N[C@H]1CSc1ccccc1. The number of alkyl carbamates (subject to hydrolysis) is 1. The number of amides is 1. The highest BCUT2D eigenvalue weighted by Gasteiger charge is 2.43. The van der Waals surface area contributed by atoms with E-state index in [9.17, 15) is 9.59 Å². The molecule has 29 heavy (non-hydrogen) atoms. The number of cyclic esters (lactones) is 1. The Hall–Kier alpha value is -1.53. The number of nitrogens with one attached hydrogen (secondary N) is 1. The van der Waals surface area contributed by atoms with Crippen LogP contribution in [0.25, 0.3) is 0 Å². The molecular formula is C23H32N2O3S. The summed E-state index contributed by atoms with van der Waals surface area (Å²) >= 11 is 1.74. The van der Waals surface area contributed by atoms with Crippen LogP contribution in [0.3, 0.4) is 0 Å². The fourth-order valence-electron chi connectivity index (χ4n) is 5.22. The van der Waals surface area contributed by atoms with Gasteiger partial charge in [0.1, 0.15) is 11.9 Å². The molecule has 1 aromatic carbocycles. The van der Waals surface area contributed by atoms with Gasteiger partial charge in [-0.25, -0.2) is 4.79 Å². The van der Waals surface area contributed by atoms with Crippen LogP contribution in [0, 0.1) is 11.8 Å². The quantitative estimate of drug-likeness (QED) is 0.678. The number of hydrogen-bond donors (Lipinski definition) is 1. The number of likely N-dealkylation sites (tertiary alicyclic amines) is 1. The van der Waals surface area contributed by atoms with Crippen LogP contribution in [-0.2, 0) is 9.53 Å². The number of piperidine rings is 1. The maximum atomic E-state index is 12.7. The molecule has 2 heterocycles. The van der Waals surface area contributed by atoms with Crippen molar-refractivity contribution in [3.63, 3.8) is 0 Å². The summed E-state index contributed by atoms with van der Waals surface area (Å²) in [7, 11) is 0. The van der Waals surface area contributed by atoms with Crippen molar-refractivity contribution in [1.82, 2.24) is 10.2 Å². The van der Waals surface area contributed by atoms with Gasteiger partial charge in [-0.15, -0.1) is 11.8 Å². The number of carbonyl (C=O) groups excluding carboxylic acids is 2. The van der Waals surface area contributed by atoms with E-state index >= 15 is 0 Å². The summed E-state index contributed by atoms with van der Waals surface area (Å²) in [6.07, 6.45) is 6.16. The smallest absolute Gasteiger partial charge is 0.407 e. The van der Waals surface area contributed by atoms with Crippen molar-refractivity contribution in [3.8, 4) is 0 Å². The predicted octanol–water partition coefficient (Wildman–Crippen LogP) is 4.12. The topological polar surface area (TPSA) is 58.6 Å². The Balaban J connectivity index is 1.42. The van der Waals surface area contributed by atoms with Gasteiger partial charge in [-0.1, -0.05) is 44.4 Å². The molecule has 0 bridgehead atoms. The van der Waals surface area contributed by atoms with E-state index in [1.54, 1.807) is 11.8 Å². The molecule has 158 valence electrons. The van der Waals surface area contributed by atoms with E-state index in [4.69, 9.17) is 4.74 Å². The van der Waals surface area contributed by atoms with Crippen molar-refractivity contribution in [3.05, 3.63) is 30.3 Å². The molecular weight excluding hydrogens is 384 g/mol. The van der Waals surface area contributed by atoms with E-state index in [0.717, 1.165) is 18.7 Å². The Bertz CT molecular complexity index is 713. The maximum absolute atomic E-state index is 12.7. The fourth-order valence-corrected chi connectivity index (χ4v) is 6.24. The van der Waals surface area contributed by atoms with Crippen molar-refractivity contribution >= 4 is 23.6 Å². The predicted molar refractivity (Wildman–Crippen MR) is 115 cm³/mol. The highest BCUT2D eigenvalue weighted by molar-refractivity contribution is 7.99. The lowest BCUT2D eigenvalue weighted by Gasteiger charge is -2.46. The Morgan fingerprint density at radius 2 is 1.97 bits per heavy atom. The molecule has 0 unspecified atom stereocenters. The summed E-state index contributed by atoms with van der Waals surface area (Å²) in [5.41, 5.74) is 0. The van der Waals surface area contributed by atoms with Gasteiger partial charge in [-0.3, -0.25) is 9.69 Å². The number of carbonyl (C=O) groups is 2. The summed E-state index contributed by atoms with van der Waals surface area (Å²) in [5, 5.41) is 2.98. The van der Waals surface area contributed by atoms with E-state index in [-0.39, 0.29) is 24.3 Å². The molecule has 1 N–H and O–H groups in total. The first-order valence-corrected chi connectivity index (χ1v) is 12.0. The minimum absolute atomic E-state index is 0.0129. The monoisotopic (exact) mass is 416 g/mol. The van der Waals surface area contributed by atoms with Gasteiger partial charge < -0.3 is 10.1 Å². The molecule has 1 amide bonds. The van der Waals surface area contributed by atoms with Gasteiger partial charge in [-0.2, -0.15) is 0 Å². The van der Waals surface area contributed by atoms with Gasteiger partial charge in [0.2, 0.25) is 0 Å². The van der Waals surface area contributed by atoms with Crippen molar-refractivity contribution in [1.29, 1.82) is 0 Å². The van der Waals surface area contributed by atoms with Gasteiger partial charge >= 0.3 is 6.09 Å². The maximum Gasteiger partial charge on any atom is 0.407 e. The van der Waals surface area contributed by atoms with Crippen LogP contribution in [-0.4, -0.2) is 53.8 Å². The summed E-state index contributed by atoms with van der Waals surface area (Å²) in [6, 6.07) is 10.2. The van der Waals surface area contributed by atoms with Crippen molar-refractivity contribution < 1.29 is 14.3 Å². The van der Waals surface area contributed by atoms with E-state index < -0.39 is 0 Å². The number of hydrogen-bond acceptors (Lipinski definition) is 5. The molecule has 1 aliphatic carbocycles. The molecule has 0 spiro atoms. The largest absolute Gasteiger partial charge is 0.443 e. The Morgan fingerprint density at radius 1 is 1.21 bits per heavy atom. The van der Waals surface area contributed by atoms with Crippen LogP contribution < -0.4 is 5.32 Å². The third kappa shape index (κ3) is 4.97. The van der Waals surface area contributed by atoms with E-state index in [0.29, 0.717) is 30.6 Å². The first kappa shape index (κ1) is 20.7. The van der Waals surface area contributed by atoms with Crippen LogP contribution >= 0.6 is 11.8 Å². The first-order valence-electron chi connectivity index (χ1n) is 11.1. The normalized spacial score (nSPS) is 32.3. The Labute approximate surface area is 177 Å². The van der Waals surface area contributed by atoms with E-state index in [1.165, 1.54) is 30.6 Å².